The van der Waals surface area contributed by atoms with Crippen LogP contribution in [0, 0.1) is 20.3 Å². The van der Waals surface area contributed by atoms with E-state index in [1.165, 1.54) is 6.42 Å². The van der Waals surface area contributed by atoms with Gasteiger partial charge >= 0.3 is 5.89 Å². The molecule has 42 valence electrons. The Morgan fingerprint density at radius 3 is 2.62 bits per heavy atom. The average molecular weight is 110 g/mol. The summed E-state index contributed by atoms with van der Waals surface area (Å²) in [6.07, 6.45) is 1.51. The molecule has 1 heterocycles. The third-order valence-electron chi connectivity index (χ3n) is 0.716. The number of aryl methyl sites for hydroxylation is 1. The molecule has 1 aromatic rings. The number of aromatic nitrogens is 2. The van der Waals surface area contributed by atoms with Crippen LogP contribution in [-0.4, -0.2) is 10.2 Å². The highest BCUT2D eigenvalue weighted by Crippen LogP contribution is 1.97. The van der Waals surface area contributed by atoms with Crippen LogP contribution in [0.5, 0.6) is 0 Å². The van der Waals surface area contributed by atoms with Gasteiger partial charge in [-0.25, -0.2) is 0 Å². The lowest BCUT2D eigenvalue weighted by atomic mass is 10.5. The fourth-order valence-corrected chi connectivity index (χ4v) is 0.394. The minimum absolute atomic E-state index is 0.475. The molecule has 3 heteroatoms. The first-order valence-corrected chi connectivity index (χ1v) is 2.25. The van der Waals surface area contributed by atoms with E-state index in [0.717, 1.165) is 0 Å². The third-order valence-corrected chi connectivity index (χ3v) is 0.716. The fraction of sp³-hybridized carbons (Fsp3) is 0.200. The second kappa shape index (κ2) is 1.86. The molecule has 0 aromatic carbocycles. The van der Waals surface area contributed by atoms with E-state index in [-0.39, 0.29) is 0 Å². The van der Waals surface area contributed by atoms with Crippen LogP contribution in [-0.2, 0) is 0 Å². The zero-order valence-electron chi connectivity index (χ0n) is 4.59. The van der Waals surface area contributed by atoms with Crippen molar-refractivity contribution in [1.82, 2.24) is 10.2 Å². The van der Waals surface area contributed by atoms with Gasteiger partial charge in [0.1, 0.15) is 0 Å². The Kier molecular flexibility index (Phi) is 1.20. The Balaban J connectivity index is 2.84. The molecular weight excluding hydrogens is 104 g/mol. The highest BCUT2D eigenvalue weighted by molar-refractivity contribution is 4.95. The lowest BCUT2D eigenvalue weighted by molar-refractivity contribution is 0.497. The van der Waals surface area contributed by atoms with Crippen molar-refractivity contribution in [2.45, 2.75) is 6.92 Å². The van der Waals surface area contributed by atoms with Crippen molar-refractivity contribution in [2.75, 3.05) is 0 Å². The van der Waals surface area contributed by atoms with E-state index in [0.29, 0.717) is 11.8 Å². The van der Waals surface area contributed by atoms with Crippen LogP contribution in [0.2, 0.25) is 0 Å². The summed E-state index contributed by atoms with van der Waals surface area (Å²) >= 11 is 0. The molecule has 0 bridgehead atoms. The molecule has 0 atom stereocenters. The van der Waals surface area contributed by atoms with Crippen molar-refractivity contribution in [3.8, 4) is 0 Å². The Bertz CT molecular complexity index is 171. The highest BCUT2D eigenvalue weighted by Gasteiger charge is 2.00. The summed E-state index contributed by atoms with van der Waals surface area (Å²) in [7, 11) is 0. The summed E-state index contributed by atoms with van der Waals surface area (Å²) in [5.74, 6) is 1.04. The first kappa shape index (κ1) is 5.15. The van der Waals surface area contributed by atoms with Crippen LogP contribution >= 0.6 is 0 Å². The summed E-state index contributed by atoms with van der Waals surface area (Å²) in [4.78, 5) is 0. The van der Waals surface area contributed by atoms with Crippen molar-refractivity contribution in [1.29, 1.82) is 0 Å². The van der Waals surface area contributed by atoms with Crippen molar-refractivity contribution >= 4 is 0 Å². The zero-order valence-corrected chi connectivity index (χ0v) is 4.59. The molecule has 8 heavy (non-hydrogen) atoms. The standard InChI is InChI=1S/C5H6N2O/c1-3-5-7-6-4(2)8-5/h3H,1H2,2H3. The molecule has 0 aliphatic carbocycles. The van der Waals surface area contributed by atoms with E-state index >= 15 is 0 Å². The lowest BCUT2D eigenvalue weighted by Gasteiger charge is -1.72. The first-order valence-electron chi connectivity index (χ1n) is 2.25. The number of nitrogens with zero attached hydrogens (tertiary/aromatic N) is 2. The molecule has 0 saturated heterocycles. The van der Waals surface area contributed by atoms with Gasteiger partial charge in [-0.2, -0.15) is 0 Å². The lowest BCUT2D eigenvalue weighted by Crippen LogP contribution is -1.73. The SMILES string of the molecule is [CH2-][CH+]c1nnc(C)o1. The molecule has 0 fully saturated rings. The van der Waals surface area contributed by atoms with Gasteiger partial charge < -0.3 is 4.42 Å². The average Bonchev–Trinajstić information content (AvgIpc) is 2.14. The Morgan fingerprint density at radius 1 is 1.62 bits per heavy atom. The molecule has 0 amide bonds. The Hall–Kier alpha value is -0.990. The van der Waals surface area contributed by atoms with Gasteiger partial charge in [0.15, 0.2) is 0 Å². The van der Waals surface area contributed by atoms with Gasteiger partial charge in [0.25, 0.3) is 0 Å². The molecule has 1 aromatic heterocycles. The van der Waals surface area contributed by atoms with E-state index in [4.69, 9.17) is 4.42 Å². The number of rotatable bonds is 1. The second-order valence-corrected chi connectivity index (χ2v) is 1.36. The van der Waals surface area contributed by atoms with E-state index in [1.807, 2.05) is 0 Å². The third kappa shape index (κ3) is 0.804. The topological polar surface area (TPSA) is 38.9 Å². The quantitative estimate of drug-likeness (QED) is 0.501. The van der Waals surface area contributed by atoms with Gasteiger partial charge in [-0.05, 0) is 0 Å². The van der Waals surface area contributed by atoms with Crippen LogP contribution < -0.4 is 0 Å². The molecular formula is C5H6N2O. The van der Waals surface area contributed by atoms with Crippen molar-refractivity contribution in [3.63, 3.8) is 0 Å². The normalized spacial score (nSPS) is 9.25. The number of hydrogen-bond acceptors (Lipinski definition) is 3. The van der Waals surface area contributed by atoms with E-state index in [9.17, 15) is 0 Å². The second-order valence-electron chi connectivity index (χ2n) is 1.36. The minimum atomic E-state index is 0.475. The van der Waals surface area contributed by atoms with Gasteiger partial charge in [-0.1, -0.05) is 5.10 Å². The minimum Gasteiger partial charge on any atom is -0.391 e. The van der Waals surface area contributed by atoms with Crippen LogP contribution in [0.25, 0.3) is 0 Å². The summed E-state index contributed by atoms with van der Waals surface area (Å²) in [5, 5.41) is 7.20. The number of hydrogen-bond donors (Lipinski definition) is 0. The Morgan fingerprint density at radius 2 is 2.38 bits per heavy atom. The molecule has 3 nitrogen and oxygen atoms in total. The Labute approximate surface area is 47.7 Å². The predicted octanol–water partition coefficient (Wildman–Crippen LogP) is 0.764. The van der Waals surface area contributed by atoms with Crippen LogP contribution in [0.1, 0.15) is 11.8 Å². The van der Waals surface area contributed by atoms with Gasteiger partial charge in [0, 0.05) is 13.3 Å². The smallest absolute Gasteiger partial charge is 0.374 e. The van der Waals surface area contributed by atoms with Gasteiger partial charge in [0.2, 0.25) is 5.89 Å². The molecule has 0 N–H and O–H groups in total. The zero-order chi connectivity index (χ0) is 5.98. The van der Waals surface area contributed by atoms with Crippen LogP contribution in [0.4, 0.5) is 0 Å². The largest absolute Gasteiger partial charge is 0.391 e. The molecule has 0 aliphatic rings. The van der Waals surface area contributed by atoms with Crippen molar-refractivity contribution in [3.05, 3.63) is 25.1 Å². The molecule has 0 unspecified atom stereocenters. The summed E-state index contributed by atoms with van der Waals surface area (Å²) in [5.41, 5.74) is 0. The van der Waals surface area contributed by atoms with E-state index < -0.39 is 0 Å². The summed E-state index contributed by atoms with van der Waals surface area (Å²) < 4.78 is 4.89. The first-order chi connectivity index (χ1) is 3.83. The van der Waals surface area contributed by atoms with Gasteiger partial charge in [0.05, 0.1) is 0 Å². The van der Waals surface area contributed by atoms with E-state index in [2.05, 4.69) is 17.1 Å². The molecule has 0 radical (unpaired) electrons. The van der Waals surface area contributed by atoms with Crippen molar-refractivity contribution in [2.24, 2.45) is 0 Å². The van der Waals surface area contributed by atoms with Crippen molar-refractivity contribution < 1.29 is 4.42 Å². The summed E-state index contributed by atoms with van der Waals surface area (Å²) in [6.45, 7) is 5.18. The maximum Gasteiger partial charge on any atom is 0.374 e. The van der Waals surface area contributed by atoms with Gasteiger partial charge in [-0.3, -0.25) is 0 Å². The van der Waals surface area contributed by atoms with Crippen LogP contribution in [0.15, 0.2) is 4.42 Å². The maximum absolute atomic E-state index is 4.89. The fourth-order valence-electron chi connectivity index (χ4n) is 0.394. The molecule has 0 saturated carbocycles. The molecule has 0 spiro atoms. The molecule has 1 rings (SSSR count). The molecule has 0 aliphatic heterocycles. The monoisotopic (exact) mass is 110 g/mol. The van der Waals surface area contributed by atoms with Gasteiger partial charge in [-0.15, -0.1) is 12.0 Å². The van der Waals surface area contributed by atoms with E-state index in [1.54, 1.807) is 6.92 Å². The summed E-state index contributed by atoms with van der Waals surface area (Å²) in [6, 6.07) is 0. The highest BCUT2D eigenvalue weighted by atomic mass is 16.4. The maximum atomic E-state index is 4.89. The van der Waals surface area contributed by atoms with Crippen LogP contribution in [0.3, 0.4) is 0 Å². The predicted molar refractivity (Wildman–Crippen MR) is 27.8 cm³/mol.